The lowest BCUT2D eigenvalue weighted by Crippen LogP contribution is -2.58. The van der Waals surface area contributed by atoms with E-state index in [2.05, 4.69) is 5.32 Å². The number of carbonyl (C=O) groups excluding carboxylic acids is 2. The van der Waals surface area contributed by atoms with Crippen LogP contribution in [0.5, 0.6) is 5.75 Å². The van der Waals surface area contributed by atoms with E-state index in [1.165, 1.54) is 31.4 Å². The van der Waals surface area contributed by atoms with Crippen LogP contribution in [0, 0.1) is 5.82 Å². The first kappa shape index (κ1) is 26.7. The topological polar surface area (TPSA) is 103 Å². The fraction of sp³-hybridized carbons (Fsp3) is 0.440. The second-order valence-electron chi connectivity index (χ2n) is 8.37. The number of nitrogens with zero attached hydrogens (tertiary/aromatic N) is 1. The minimum Gasteiger partial charge on any atom is -0.496 e. The number of rotatable bonds is 9. The highest BCUT2D eigenvalue weighted by atomic mass is 35.5. The van der Waals surface area contributed by atoms with Gasteiger partial charge < -0.3 is 25.3 Å². The third-order valence-corrected chi connectivity index (χ3v) is 6.49. The van der Waals surface area contributed by atoms with Crippen molar-refractivity contribution in [1.29, 1.82) is 0 Å². The molecule has 0 aliphatic carbocycles. The molecule has 3 N–H and O–H groups in total. The Morgan fingerprint density at radius 1 is 1.26 bits per heavy atom. The van der Waals surface area contributed by atoms with Gasteiger partial charge in [0.25, 0.3) is 5.91 Å². The van der Waals surface area contributed by atoms with Crippen LogP contribution in [-0.4, -0.2) is 62.3 Å². The number of nitrogens with one attached hydrogen (secondary N) is 1. The Morgan fingerprint density at radius 3 is 2.60 bits per heavy atom. The molecule has 1 aliphatic rings. The molecule has 1 saturated heterocycles. The number of halogens is 2. The van der Waals surface area contributed by atoms with Crippen molar-refractivity contribution in [3.63, 3.8) is 0 Å². The summed E-state index contributed by atoms with van der Waals surface area (Å²) in [6, 6.07) is 8.08. The monoisotopic (exact) mass is 507 g/mol. The Bertz CT molecular complexity index is 1040. The maximum Gasteiger partial charge on any atom is 0.323 e. The number of methoxy groups -OCH3 is 2. The number of esters is 1. The van der Waals surface area contributed by atoms with Crippen molar-refractivity contribution in [3.8, 4) is 5.75 Å². The van der Waals surface area contributed by atoms with Crippen LogP contribution in [0.4, 0.5) is 10.1 Å². The van der Waals surface area contributed by atoms with Gasteiger partial charge in [0.15, 0.2) is 0 Å². The summed E-state index contributed by atoms with van der Waals surface area (Å²) < 4.78 is 29.5. The van der Waals surface area contributed by atoms with Gasteiger partial charge in [-0.25, -0.2) is 4.39 Å². The van der Waals surface area contributed by atoms with Gasteiger partial charge in [0.1, 0.15) is 24.2 Å². The highest BCUT2D eigenvalue weighted by Crippen LogP contribution is 2.29. The molecule has 0 bridgehead atoms. The van der Waals surface area contributed by atoms with E-state index >= 15 is 0 Å². The number of anilines is 1. The number of ether oxygens (including phenoxy) is 3. The fourth-order valence-corrected chi connectivity index (χ4v) is 4.36. The maximum atomic E-state index is 13.1. The Hall–Kier alpha value is -2.88. The first-order valence-corrected chi connectivity index (χ1v) is 11.8. The van der Waals surface area contributed by atoms with E-state index in [9.17, 15) is 14.0 Å². The third-order valence-electron chi connectivity index (χ3n) is 6.17. The van der Waals surface area contributed by atoms with E-state index in [0.717, 1.165) is 0 Å². The second-order valence-corrected chi connectivity index (χ2v) is 8.78. The van der Waals surface area contributed by atoms with Gasteiger partial charge in [0, 0.05) is 26.3 Å². The molecule has 1 amide bonds. The Labute approximate surface area is 209 Å². The van der Waals surface area contributed by atoms with Crippen LogP contribution in [-0.2, 0) is 20.9 Å². The second kappa shape index (κ2) is 12.2. The molecule has 1 fully saturated rings. The van der Waals surface area contributed by atoms with Crippen LogP contribution in [0.15, 0.2) is 36.4 Å². The molecule has 2 aromatic rings. The van der Waals surface area contributed by atoms with E-state index in [-0.39, 0.29) is 47.0 Å². The Kier molecular flexibility index (Phi) is 9.31. The molecule has 2 aromatic carbocycles. The standard InChI is InChI=1S/C25H31ClFN3O5/c1-4-21(25(32)35-14-15-5-7-16(27)8-6-15)30-10-9-20(23(13-30)34-3)29-24(31)17-11-18(26)19(28)12-22(17)33-2/h5-8,11-12,20-21,23H,4,9-10,13-14,28H2,1-3H3,(H,29,31). The number of carbonyl (C=O) groups is 2. The van der Waals surface area contributed by atoms with Crippen LogP contribution < -0.4 is 15.8 Å². The predicted octanol–water partition coefficient (Wildman–Crippen LogP) is 3.41. The fourth-order valence-electron chi connectivity index (χ4n) is 4.19. The highest BCUT2D eigenvalue weighted by molar-refractivity contribution is 6.33. The van der Waals surface area contributed by atoms with Crippen molar-refractivity contribution in [2.24, 2.45) is 0 Å². The van der Waals surface area contributed by atoms with Crippen LogP contribution >= 0.6 is 11.6 Å². The van der Waals surface area contributed by atoms with Crippen molar-refractivity contribution in [2.45, 2.75) is 44.6 Å². The maximum absolute atomic E-state index is 13.1. The molecule has 1 heterocycles. The summed E-state index contributed by atoms with van der Waals surface area (Å²) in [6.07, 6.45) is 0.773. The summed E-state index contributed by atoms with van der Waals surface area (Å²) in [5, 5.41) is 3.26. The molecule has 190 valence electrons. The molecule has 3 unspecified atom stereocenters. The Morgan fingerprint density at radius 2 is 1.97 bits per heavy atom. The molecule has 3 rings (SSSR count). The van der Waals surface area contributed by atoms with E-state index in [1.807, 2.05) is 11.8 Å². The molecule has 0 spiro atoms. The molecule has 8 nitrogen and oxygen atoms in total. The number of hydrogen-bond donors (Lipinski definition) is 2. The van der Waals surface area contributed by atoms with Crippen molar-refractivity contribution >= 4 is 29.2 Å². The van der Waals surface area contributed by atoms with Gasteiger partial charge in [-0.1, -0.05) is 30.7 Å². The predicted molar refractivity (Wildman–Crippen MR) is 131 cm³/mol. The molecular weight excluding hydrogens is 477 g/mol. The molecule has 1 aliphatic heterocycles. The highest BCUT2D eigenvalue weighted by Gasteiger charge is 2.36. The summed E-state index contributed by atoms with van der Waals surface area (Å²) in [6.45, 7) is 2.98. The zero-order valence-corrected chi connectivity index (χ0v) is 20.8. The number of hydrogen-bond acceptors (Lipinski definition) is 7. The number of piperidine rings is 1. The van der Waals surface area contributed by atoms with Gasteiger partial charge in [-0.3, -0.25) is 14.5 Å². The number of nitrogen functional groups attached to an aromatic ring is 1. The summed E-state index contributed by atoms with van der Waals surface area (Å²) in [4.78, 5) is 27.8. The average molecular weight is 508 g/mol. The Balaban J connectivity index is 1.62. The van der Waals surface area contributed by atoms with Crippen LogP contribution in [0.3, 0.4) is 0 Å². The molecule has 35 heavy (non-hydrogen) atoms. The first-order valence-electron chi connectivity index (χ1n) is 11.4. The van der Waals surface area contributed by atoms with Gasteiger partial charge in [0.2, 0.25) is 0 Å². The molecule has 10 heteroatoms. The third kappa shape index (κ3) is 6.62. The van der Waals surface area contributed by atoms with Crippen LogP contribution in [0.25, 0.3) is 0 Å². The van der Waals surface area contributed by atoms with Gasteiger partial charge in [-0.15, -0.1) is 0 Å². The van der Waals surface area contributed by atoms with Crippen LogP contribution in [0.2, 0.25) is 5.02 Å². The molecule has 0 radical (unpaired) electrons. The molecule has 3 atom stereocenters. The van der Waals surface area contributed by atoms with Gasteiger partial charge >= 0.3 is 5.97 Å². The van der Waals surface area contributed by atoms with E-state index in [0.29, 0.717) is 42.9 Å². The summed E-state index contributed by atoms with van der Waals surface area (Å²) in [5.74, 6) is -0.721. The number of benzene rings is 2. The summed E-state index contributed by atoms with van der Waals surface area (Å²) in [7, 11) is 3.03. The van der Waals surface area contributed by atoms with Crippen molar-refractivity contribution in [3.05, 3.63) is 58.4 Å². The SMILES string of the molecule is CCC(C(=O)OCc1ccc(F)cc1)N1CCC(NC(=O)c2cc(Cl)c(N)cc2OC)C(OC)C1. The summed E-state index contributed by atoms with van der Waals surface area (Å²) in [5.41, 5.74) is 7.12. The quantitative estimate of drug-likeness (QED) is 0.396. The largest absolute Gasteiger partial charge is 0.496 e. The average Bonchev–Trinajstić information content (AvgIpc) is 2.86. The minimum atomic E-state index is -0.458. The normalized spacial score (nSPS) is 19.1. The lowest BCUT2D eigenvalue weighted by atomic mass is 9.98. The van der Waals surface area contributed by atoms with Gasteiger partial charge in [0.05, 0.1) is 35.5 Å². The lowest BCUT2D eigenvalue weighted by molar-refractivity contribution is -0.153. The number of likely N-dealkylation sites (tertiary alicyclic amines) is 1. The number of amides is 1. The van der Waals surface area contributed by atoms with Crippen LogP contribution in [0.1, 0.15) is 35.7 Å². The summed E-state index contributed by atoms with van der Waals surface area (Å²) >= 11 is 6.10. The van der Waals surface area contributed by atoms with Gasteiger partial charge in [-0.2, -0.15) is 0 Å². The number of nitrogens with two attached hydrogens (primary N) is 1. The molecule has 0 aromatic heterocycles. The van der Waals surface area contributed by atoms with Crippen molar-refractivity contribution < 1.29 is 28.2 Å². The van der Waals surface area contributed by atoms with Crippen molar-refractivity contribution in [1.82, 2.24) is 10.2 Å². The zero-order valence-electron chi connectivity index (χ0n) is 20.1. The minimum absolute atomic E-state index is 0.0713. The van der Waals surface area contributed by atoms with E-state index < -0.39 is 6.04 Å². The van der Waals surface area contributed by atoms with Crippen molar-refractivity contribution in [2.75, 3.05) is 33.0 Å². The smallest absolute Gasteiger partial charge is 0.323 e. The lowest BCUT2D eigenvalue weighted by Gasteiger charge is -2.40. The zero-order chi connectivity index (χ0) is 25.5. The first-order chi connectivity index (χ1) is 16.8. The molecule has 0 saturated carbocycles. The van der Waals surface area contributed by atoms with E-state index in [1.54, 1.807) is 19.2 Å². The molecular formula is C25H31ClFN3O5. The van der Waals surface area contributed by atoms with E-state index in [4.69, 9.17) is 31.5 Å². The van der Waals surface area contributed by atoms with Gasteiger partial charge in [-0.05, 0) is 36.6 Å².